The summed E-state index contributed by atoms with van der Waals surface area (Å²) in [6, 6.07) is 0. The zero-order valence-electron chi connectivity index (χ0n) is 52.3. The van der Waals surface area contributed by atoms with Gasteiger partial charge in [0.1, 0.15) is 13.2 Å². The summed E-state index contributed by atoms with van der Waals surface area (Å²) in [7, 11) is 0. The highest BCUT2D eigenvalue weighted by molar-refractivity contribution is 5.71. The van der Waals surface area contributed by atoms with Gasteiger partial charge in [0.2, 0.25) is 0 Å². The second-order valence-corrected chi connectivity index (χ2v) is 23.8. The van der Waals surface area contributed by atoms with Gasteiger partial charge in [-0.25, -0.2) is 0 Å². The number of rotatable bonds is 65. The molecule has 454 valence electrons. The Labute approximate surface area is 481 Å². The van der Waals surface area contributed by atoms with Crippen LogP contribution in [0.1, 0.15) is 393 Å². The maximum absolute atomic E-state index is 12.9. The predicted octanol–water partition coefficient (Wildman–Crippen LogP) is 23.8. The van der Waals surface area contributed by atoms with Crippen LogP contribution in [0, 0.1) is 0 Å². The lowest BCUT2D eigenvalue weighted by Crippen LogP contribution is -2.30. The van der Waals surface area contributed by atoms with Gasteiger partial charge in [0, 0.05) is 19.3 Å². The molecule has 1 unspecified atom stereocenters. The molecule has 0 rings (SSSR count). The summed E-state index contributed by atoms with van der Waals surface area (Å²) < 4.78 is 17.0. The Balaban J connectivity index is 4.21. The fourth-order valence-electron chi connectivity index (χ4n) is 10.7. The van der Waals surface area contributed by atoms with E-state index in [1.807, 2.05) is 0 Å². The SMILES string of the molecule is CCCCCC/C=C\C/C=C\CCCCCCCCCC(=O)OC(COC(=O)CCCCCCCCCCCCCCCC)COC(=O)CCCCCCCCCCCCCCCCCCCCCCCCCCCCC. The van der Waals surface area contributed by atoms with Gasteiger partial charge in [0.25, 0.3) is 0 Å². The summed E-state index contributed by atoms with van der Waals surface area (Å²) in [4.78, 5) is 38.4. The van der Waals surface area contributed by atoms with Crippen molar-refractivity contribution in [2.24, 2.45) is 0 Å². The summed E-state index contributed by atoms with van der Waals surface area (Å²) in [6.45, 7) is 6.70. The van der Waals surface area contributed by atoms with Crippen LogP contribution in [0.25, 0.3) is 0 Å². The fourth-order valence-corrected chi connectivity index (χ4v) is 10.7. The molecule has 6 nitrogen and oxygen atoms in total. The number of carbonyl (C=O) groups excluding carboxylic acids is 3. The minimum atomic E-state index is -0.772. The predicted molar refractivity (Wildman–Crippen MR) is 335 cm³/mol. The lowest BCUT2D eigenvalue weighted by Gasteiger charge is -2.18. The molecule has 0 spiro atoms. The molecule has 0 radical (unpaired) electrons. The van der Waals surface area contributed by atoms with E-state index in [1.165, 1.54) is 283 Å². The van der Waals surface area contributed by atoms with E-state index >= 15 is 0 Å². The van der Waals surface area contributed by atoms with Crippen LogP contribution >= 0.6 is 0 Å². The van der Waals surface area contributed by atoms with Crippen molar-refractivity contribution in [2.45, 2.75) is 399 Å². The Morgan fingerprint density at radius 1 is 0.260 bits per heavy atom. The Morgan fingerprint density at radius 2 is 0.468 bits per heavy atom. The number of ether oxygens (including phenoxy) is 3. The van der Waals surface area contributed by atoms with E-state index in [9.17, 15) is 14.4 Å². The third-order valence-electron chi connectivity index (χ3n) is 16.0. The topological polar surface area (TPSA) is 78.9 Å². The zero-order valence-corrected chi connectivity index (χ0v) is 52.3. The van der Waals surface area contributed by atoms with Crippen molar-refractivity contribution in [1.29, 1.82) is 0 Å². The van der Waals surface area contributed by atoms with E-state index in [2.05, 4.69) is 45.1 Å². The van der Waals surface area contributed by atoms with Crippen LogP contribution in [-0.4, -0.2) is 37.2 Å². The maximum atomic E-state index is 12.9. The van der Waals surface area contributed by atoms with E-state index in [1.54, 1.807) is 0 Å². The summed E-state index contributed by atoms with van der Waals surface area (Å²) in [6.07, 6.45) is 80.6. The molecule has 0 fully saturated rings. The quantitative estimate of drug-likeness (QED) is 0.0261. The average molecular weight is 1080 g/mol. The molecule has 0 aliphatic carbocycles. The third-order valence-corrected chi connectivity index (χ3v) is 16.0. The molecule has 0 bridgehead atoms. The number of hydrogen-bond acceptors (Lipinski definition) is 6. The average Bonchev–Trinajstić information content (AvgIpc) is 3.43. The van der Waals surface area contributed by atoms with Gasteiger partial charge in [-0.15, -0.1) is 0 Å². The highest BCUT2D eigenvalue weighted by Gasteiger charge is 2.19. The van der Waals surface area contributed by atoms with Gasteiger partial charge < -0.3 is 14.2 Å². The molecule has 0 saturated carbocycles. The van der Waals surface area contributed by atoms with Gasteiger partial charge in [-0.3, -0.25) is 14.4 Å². The second-order valence-electron chi connectivity index (χ2n) is 23.8. The van der Waals surface area contributed by atoms with E-state index < -0.39 is 6.10 Å². The molecule has 77 heavy (non-hydrogen) atoms. The van der Waals surface area contributed by atoms with E-state index in [4.69, 9.17) is 14.2 Å². The van der Waals surface area contributed by atoms with Crippen molar-refractivity contribution in [2.75, 3.05) is 13.2 Å². The standard InChI is InChI=1S/C71H134O6/c1-4-7-10-13-16-19-22-25-28-30-32-33-34-35-36-37-38-39-40-42-43-46-49-52-55-58-61-64-70(73)76-67-68(66-75-69(72)63-60-57-54-51-48-45-27-24-21-18-15-12-9-6-3)77-71(74)65-62-59-56-53-50-47-44-41-31-29-26-23-20-17-14-11-8-5-2/h20,23,29,31,68H,4-19,21-22,24-28,30,32-67H2,1-3H3/b23-20-,31-29-. The zero-order chi connectivity index (χ0) is 55.7. The van der Waals surface area contributed by atoms with Gasteiger partial charge >= 0.3 is 17.9 Å². The lowest BCUT2D eigenvalue weighted by atomic mass is 10.0. The third kappa shape index (κ3) is 64.6. The summed E-state index contributed by atoms with van der Waals surface area (Å²) in [5.41, 5.74) is 0. The molecule has 0 aliphatic heterocycles. The van der Waals surface area contributed by atoms with Crippen LogP contribution in [-0.2, 0) is 28.6 Å². The van der Waals surface area contributed by atoms with E-state index in [-0.39, 0.29) is 31.1 Å². The Morgan fingerprint density at radius 3 is 0.727 bits per heavy atom. The number of unbranched alkanes of at least 4 members (excludes halogenated alkanes) is 50. The van der Waals surface area contributed by atoms with Crippen molar-refractivity contribution in [3.63, 3.8) is 0 Å². The number of esters is 3. The Bertz CT molecular complexity index is 1240. The van der Waals surface area contributed by atoms with E-state index in [0.717, 1.165) is 70.6 Å². The van der Waals surface area contributed by atoms with Crippen LogP contribution in [0.3, 0.4) is 0 Å². The first-order chi connectivity index (χ1) is 38.0. The largest absolute Gasteiger partial charge is 0.462 e. The van der Waals surface area contributed by atoms with Gasteiger partial charge in [-0.1, -0.05) is 347 Å². The summed E-state index contributed by atoms with van der Waals surface area (Å²) >= 11 is 0. The first kappa shape index (κ1) is 74.9. The van der Waals surface area contributed by atoms with Crippen LogP contribution in [0.4, 0.5) is 0 Å². The molecule has 0 aromatic carbocycles. The molecule has 0 amide bonds. The molecule has 6 heteroatoms. The van der Waals surface area contributed by atoms with Gasteiger partial charge in [0.05, 0.1) is 0 Å². The number of hydrogen-bond donors (Lipinski definition) is 0. The lowest BCUT2D eigenvalue weighted by molar-refractivity contribution is -0.167. The molecular weight excluding hydrogens is 949 g/mol. The normalized spacial score (nSPS) is 12.1. The maximum Gasteiger partial charge on any atom is 0.306 e. The van der Waals surface area contributed by atoms with Gasteiger partial charge in [-0.05, 0) is 51.4 Å². The minimum Gasteiger partial charge on any atom is -0.462 e. The number of allylic oxidation sites excluding steroid dienone is 4. The molecule has 0 N–H and O–H groups in total. The highest BCUT2D eigenvalue weighted by atomic mass is 16.6. The van der Waals surface area contributed by atoms with Crippen LogP contribution in [0.5, 0.6) is 0 Å². The summed E-state index contributed by atoms with van der Waals surface area (Å²) in [5.74, 6) is -0.845. The molecule has 0 heterocycles. The van der Waals surface area contributed by atoms with Crippen molar-refractivity contribution < 1.29 is 28.6 Å². The molecule has 0 aliphatic rings. The van der Waals surface area contributed by atoms with Gasteiger partial charge in [0.15, 0.2) is 6.10 Å². The summed E-state index contributed by atoms with van der Waals surface area (Å²) in [5, 5.41) is 0. The molecular formula is C71H134O6. The van der Waals surface area contributed by atoms with Crippen molar-refractivity contribution >= 4 is 17.9 Å². The monoisotopic (exact) mass is 1080 g/mol. The smallest absolute Gasteiger partial charge is 0.306 e. The molecule has 0 saturated heterocycles. The van der Waals surface area contributed by atoms with Crippen molar-refractivity contribution in [3.8, 4) is 0 Å². The van der Waals surface area contributed by atoms with E-state index in [0.29, 0.717) is 19.3 Å². The van der Waals surface area contributed by atoms with Crippen molar-refractivity contribution in [3.05, 3.63) is 24.3 Å². The second kappa shape index (κ2) is 66.4. The molecule has 1 atom stereocenters. The first-order valence-corrected chi connectivity index (χ1v) is 34.8. The van der Waals surface area contributed by atoms with Crippen LogP contribution in [0.15, 0.2) is 24.3 Å². The Hall–Kier alpha value is -2.11. The highest BCUT2D eigenvalue weighted by Crippen LogP contribution is 2.19. The van der Waals surface area contributed by atoms with Crippen LogP contribution in [0.2, 0.25) is 0 Å². The molecule has 0 aromatic rings. The Kier molecular flexibility index (Phi) is 64.6. The fraction of sp³-hybridized carbons (Fsp3) is 0.901. The van der Waals surface area contributed by atoms with Gasteiger partial charge in [-0.2, -0.15) is 0 Å². The van der Waals surface area contributed by atoms with Crippen LogP contribution < -0.4 is 0 Å². The first-order valence-electron chi connectivity index (χ1n) is 34.8. The number of carbonyl (C=O) groups is 3. The van der Waals surface area contributed by atoms with Crippen molar-refractivity contribution in [1.82, 2.24) is 0 Å². The molecule has 0 aromatic heterocycles. The minimum absolute atomic E-state index is 0.0682.